The van der Waals surface area contributed by atoms with Crippen molar-refractivity contribution < 1.29 is 4.74 Å². The monoisotopic (exact) mass is 515 g/mol. The molecule has 0 spiro atoms. The SMILES string of the molecule is Cc1nnn(C)c1C1=C/c2c(c3c4cccnc4ccc3n2[C@H](c2ccccc2)C2CCOCC2)CC\C=C\1. The van der Waals surface area contributed by atoms with E-state index in [1.165, 1.54) is 33.1 Å². The molecule has 0 saturated carbocycles. The molecular weight excluding hydrogens is 482 g/mol. The van der Waals surface area contributed by atoms with E-state index < -0.39 is 0 Å². The lowest BCUT2D eigenvalue weighted by Gasteiger charge is -2.33. The van der Waals surface area contributed by atoms with Crippen LogP contribution in [0.2, 0.25) is 0 Å². The van der Waals surface area contributed by atoms with E-state index in [4.69, 9.17) is 9.72 Å². The Morgan fingerprint density at radius 2 is 1.85 bits per heavy atom. The molecule has 0 radical (unpaired) electrons. The van der Waals surface area contributed by atoms with Gasteiger partial charge in [-0.05, 0) is 73.9 Å². The Hall–Kier alpha value is -4.03. The van der Waals surface area contributed by atoms with Gasteiger partial charge < -0.3 is 9.30 Å². The fraction of sp³-hybridized carbons (Fsp3) is 0.303. The van der Waals surface area contributed by atoms with Crippen LogP contribution < -0.4 is 0 Å². The highest BCUT2D eigenvalue weighted by Gasteiger charge is 2.32. The molecule has 1 saturated heterocycles. The van der Waals surface area contributed by atoms with E-state index in [9.17, 15) is 0 Å². The van der Waals surface area contributed by atoms with Gasteiger partial charge in [-0.3, -0.25) is 4.98 Å². The van der Waals surface area contributed by atoms with Gasteiger partial charge in [0.15, 0.2) is 0 Å². The Morgan fingerprint density at radius 3 is 2.64 bits per heavy atom. The van der Waals surface area contributed by atoms with Crippen molar-refractivity contribution in [3.8, 4) is 0 Å². The summed E-state index contributed by atoms with van der Waals surface area (Å²) in [5, 5.41) is 11.3. The van der Waals surface area contributed by atoms with Gasteiger partial charge in [0.1, 0.15) is 0 Å². The van der Waals surface area contributed by atoms with Crippen LogP contribution in [-0.2, 0) is 18.2 Å². The van der Waals surface area contributed by atoms with Crippen LogP contribution in [-0.4, -0.2) is 37.8 Å². The smallest absolute Gasteiger partial charge is 0.0912 e. The van der Waals surface area contributed by atoms with Crippen molar-refractivity contribution in [3.63, 3.8) is 0 Å². The molecule has 7 rings (SSSR count). The van der Waals surface area contributed by atoms with Crippen LogP contribution in [0.1, 0.15) is 53.5 Å². The van der Waals surface area contributed by atoms with Crippen molar-refractivity contribution in [2.45, 2.75) is 38.6 Å². The molecule has 0 amide bonds. The largest absolute Gasteiger partial charge is 0.381 e. The number of fused-ring (bicyclic) bond motifs is 5. The highest BCUT2D eigenvalue weighted by atomic mass is 16.5. The molecular formula is C33H33N5O. The molecule has 1 aliphatic carbocycles. The maximum absolute atomic E-state index is 5.83. The van der Waals surface area contributed by atoms with Crippen molar-refractivity contribution in [3.05, 3.63) is 101 Å². The van der Waals surface area contributed by atoms with Gasteiger partial charge in [-0.2, -0.15) is 0 Å². The number of benzene rings is 2. The van der Waals surface area contributed by atoms with Gasteiger partial charge in [-0.15, -0.1) is 5.10 Å². The van der Waals surface area contributed by atoms with Gasteiger partial charge in [0, 0.05) is 48.5 Å². The van der Waals surface area contributed by atoms with Crippen molar-refractivity contribution in [1.29, 1.82) is 0 Å². The molecule has 0 N–H and O–H groups in total. The molecule has 6 heteroatoms. The highest BCUT2D eigenvalue weighted by Crippen LogP contribution is 2.43. The molecule has 3 aromatic heterocycles. The summed E-state index contributed by atoms with van der Waals surface area (Å²) < 4.78 is 10.4. The molecule has 5 aromatic rings. The van der Waals surface area contributed by atoms with Crippen molar-refractivity contribution in [2.24, 2.45) is 13.0 Å². The standard InChI is InChI=1S/C33H33N5O/c1-22-32(37(2)36-35-22)25-11-6-7-12-27-30(21-25)38(29-15-14-28-26(31(27)29)13-8-18-34-28)33(23-9-4-3-5-10-23)24-16-19-39-20-17-24/h3-6,8-11,13-15,18,21,24,33H,7,12,16-17,19-20H2,1-2H3/b11-6+,25-21+/t33-/m1/s1. The molecule has 2 aliphatic rings. The summed E-state index contributed by atoms with van der Waals surface area (Å²) in [7, 11) is 1.98. The second-order valence-electron chi connectivity index (χ2n) is 10.8. The number of aryl methyl sites for hydroxylation is 3. The third kappa shape index (κ3) is 4.10. The lowest BCUT2D eigenvalue weighted by Crippen LogP contribution is -2.27. The van der Waals surface area contributed by atoms with E-state index in [-0.39, 0.29) is 6.04 Å². The highest BCUT2D eigenvalue weighted by molar-refractivity contribution is 6.09. The molecule has 2 aromatic carbocycles. The van der Waals surface area contributed by atoms with E-state index in [1.54, 1.807) is 0 Å². The summed E-state index contributed by atoms with van der Waals surface area (Å²) in [5.41, 5.74) is 9.49. The Kier molecular flexibility index (Phi) is 6.12. The summed E-state index contributed by atoms with van der Waals surface area (Å²) in [6.45, 7) is 3.66. The second-order valence-corrected chi connectivity index (χ2v) is 10.8. The Labute approximate surface area is 228 Å². The van der Waals surface area contributed by atoms with Crippen LogP contribution in [0.4, 0.5) is 0 Å². The first-order valence-corrected chi connectivity index (χ1v) is 14.0. The van der Waals surface area contributed by atoms with Gasteiger partial charge >= 0.3 is 0 Å². The fourth-order valence-electron chi connectivity index (χ4n) is 6.72. The summed E-state index contributed by atoms with van der Waals surface area (Å²) in [4.78, 5) is 4.73. The average molecular weight is 516 g/mol. The first-order chi connectivity index (χ1) is 19.2. The maximum Gasteiger partial charge on any atom is 0.0912 e. The summed E-state index contributed by atoms with van der Waals surface area (Å²) in [5.74, 6) is 0.475. The Balaban J connectivity index is 1.59. The van der Waals surface area contributed by atoms with E-state index in [0.29, 0.717) is 5.92 Å². The Morgan fingerprint density at radius 1 is 1.00 bits per heavy atom. The minimum atomic E-state index is 0.196. The second kappa shape index (κ2) is 9.93. The number of aromatic nitrogens is 5. The lowest BCUT2D eigenvalue weighted by molar-refractivity contribution is 0.0547. The summed E-state index contributed by atoms with van der Waals surface area (Å²) in [6.07, 6.45) is 12.9. The summed E-state index contributed by atoms with van der Waals surface area (Å²) >= 11 is 0. The van der Waals surface area contributed by atoms with E-state index in [2.05, 4.69) is 87.7 Å². The average Bonchev–Trinajstić information content (AvgIpc) is 3.45. The number of ether oxygens (including phenoxy) is 1. The molecule has 4 heterocycles. The van der Waals surface area contributed by atoms with Gasteiger partial charge in [0.2, 0.25) is 0 Å². The zero-order valence-corrected chi connectivity index (χ0v) is 22.5. The molecule has 6 nitrogen and oxygen atoms in total. The quantitative estimate of drug-likeness (QED) is 0.268. The first kappa shape index (κ1) is 24.0. The number of hydrogen-bond donors (Lipinski definition) is 0. The van der Waals surface area contributed by atoms with E-state index >= 15 is 0 Å². The fourth-order valence-corrected chi connectivity index (χ4v) is 6.72. The number of hydrogen-bond acceptors (Lipinski definition) is 4. The molecule has 1 fully saturated rings. The normalized spacial score (nSPS) is 19.3. The zero-order chi connectivity index (χ0) is 26.3. The zero-order valence-electron chi connectivity index (χ0n) is 22.5. The topological polar surface area (TPSA) is 57.8 Å². The molecule has 0 unspecified atom stereocenters. The number of pyridine rings is 1. The molecule has 0 bridgehead atoms. The van der Waals surface area contributed by atoms with Crippen molar-refractivity contribution in [1.82, 2.24) is 24.5 Å². The lowest BCUT2D eigenvalue weighted by atomic mass is 9.86. The third-order valence-corrected chi connectivity index (χ3v) is 8.44. The number of rotatable bonds is 4. The van der Waals surface area contributed by atoms with E-state index in [1.807, 2.05) is 24.9 Å². The van der Waals surface area contributed by atoms with E-state index in [0.717, 1.165) is 61.4 Å². The number of allylic oxidation sites excluding steroid dienone is 3. The molecule has 1 atom stereocenters. The Bertz CT molecular complexity index is 1700. The first-order valence-electron chi connectivity index (χ1n) is 14.0. The van der Waals surface area contributed by atoms with Crippen LogP contribution in [0.25, 0.3) is 33.5 Å². The van der Waals surface area contributed by atoms with Crippen LogP contribution in [0.15, 0.2) is 72.9 Å². The van der Waals surface area contributed by atoms with Crippen LogP contribution in [0.5, 0.6) is 0 Å². The number of nitrogens with zero attached hydrogens (tertiary/aromatic N) is 5. The van der Waals surface area contributed by atoms with Gasteiger partial charge in [0.05, 0.1) is 28.5 Å². The van der Waals surface area contributed by atoms with Crippen LogP contribution in [0.3, 0.4) is 0 Å². The van der Waals surface area contributed by atoms with Crippen LogP contribution >= 0.6 is 0 Å². The third-order valence-electron chi connectivity index (χ3n) is 8.44. The maximum atomic E-state index is 5.83. The van der Waals surface area contributed by atoms with Crippen LogP contribution in [0, 0.1) is 12.8 Å². The van der Waals surface area contributed by atoms with Crippen molar-refractivity contribution >= 4 is 33.5 Å². The molecule has 196 valence electrons. The predicted molar refractivity (Wildman–Crippen MR) is 156 cm³/mol. The molecule has 1 aliphatic heterocycles. The molecule has 39 heavy (non-hydrogen) atoms. The minimum absolute atomic E-state index is 0.196. The predicted octanol–water partition coefficient (Wildman–Crippen LogP) is 6.69. The van der Waals surface area contributed by atoms with Gasteiger partial charge in [-0.1, -0.05) is 53.8 Å². The van der Waals surface area contributed by atoms with Gasteiger partial charge in [-0.25, -0.2) is 4.68 Å². The summed E-state index contributed by atoms with van der Waals surface area (Å²) in [6, 6.07) is 20.0. The van der Waals surface area contributed by atoms with Crippen molar-refractivity contribution in [2.75, 3.05) is 13.2 Å². The van der Waals surface area contributed by atoms with Gasteiger partial charge in [0.25, 0.3) is 0 Å². The minimum Gasteiger partial charge on any atom is -0.381 e.